The fraction of sp³-hybridized carbons (Fsp3) is 0.100. The summed E-state index contributed by atoms with van der Waals surface area (Å²) >= 11 is 3.20. The van der Waals surface area contributed by atoms with Crippen LogP contribution >= 0.6 is 15.9 Å². The van der Waals surface area contributed by atoms with Crippen LogP contribution in [0.1, 0.15) is 5.56 Å². The molecule has 0 fully saturated rings. The number of hydrogen-bond donors (Lipinski definition) is 2. The summed E-state index contributed by atoms with van der Waals surface area (Å²) in [6.45, 7) is 1.83. The second-order valence-corrected chi connectivity index (χ2v) is 4.10. The van der Waals surface area contributed by atoms with Crippen LogP contribution in [0, 0.1) is 12.7 Å². The highest BCUT2D eigenvalue weighted by atomic mass is 79.9. The first-order valence-corrected chi connectivity index (χ1v) is 5.13. The van der Waals surface area contributed by atoms with Crippen molar-refractivity contribution in [2.45, 2.75) is 6.92 Å². The second-order valence-electron chi connectivity index (χ2n) is 3.31. The Morgan fingerprint density at radius 2 is 2.13 bits per heavy atom. The van der Waals surface area contributed by atoms with E-state index in [0.717, 1.165) is 5.56 Å². The zero-order chi connectivity index (χ0) is 11.0. The van der Waals surface area contributed by atoms with E-state index in [1.54, 1.807) is 6.20 Å². The molecule has 0 saturated carbocycles. The standard InChI is InChI=1S/C10H9BrFN3/c1-5-2-6(9(11)8(12)3-5)7-4-14-15-10(7)13/h2-4H,1H3,(H3,13,14,15). The summed E-state index contributed by atoms with van der Waals surface area (Å²) in [5.74, 6) is 0.131. The molecule has 0 aliphatic carbocycles. The lowest BCUT2D eigenvalue weighted by Crippen LogP contribution is -1.91. The van der Waals surface area contributed by atoms with Gasteiger partial charge in [-0.15, -0.1) is 0 Å². The van der Waals surface area contributed by atoms with Gasteiger partial charge in [0.2, 0.25) is 0 Å². The Labute approximate surface area is 94.6 Å². The Bertz CT molecular complexity index is 507. The second kappa shape index (κ2) is 3.66. The van der Waals surface area contributed by atoms with E-state index >= 15 is 0 Å². The van der Waals surface area contributed by atoms with Gasteiger partial charge in [-0.25, -0.2) is 4.39 Å². The number of halogens is 2. The van der Waals surface area contributed by atoms with Gasteiger partial charge < -0.3 is 5.73 Å². The predicted octanol–water partition coefficient (Wildman–Crippen LogP) is 2.87. The van der Waals surface area contributed by atoms with Crippen LogP contribution in [-0.2, 0) is 0 Å². The number of H-pyrrole nitrogens is 1. The highest BCUT2D eigenvalue weighted by Crippen LogP contribution is 2.33. The molecule has 15 heavy (non-hydrogen) atoms. The Kier molecular flexibility index (Phi) is 2.48. The molecule has 78 valence electrons. The van der Waals surface area contributed by atoms with Gasteiger partial charge in [0.25, 0.3) is 0 Å². The van der Waals surface area contributed by atoms with Crippen molar-refractivity contribution < 1.29 is 4.39 Å². The molecule has 0 spiro atoms. The van der Waals surface area contributed by atoms with Crippen LogP contribution < -0.4 is 5.73 Å². The molecule has 1 aromatic carbocycles. The first-order chi connectivity index (χ1) is 7.09. The SMILES string of the molecule is Cc1cc(F)c(Br)c(-c2cn[nH]c2N)c1. The van der Waals surface area contributed by atoms with Crippen molar-refractivity contribution in [2.24, 2.45) is 0 Å². The topological polar surface area (TPSA) is 54.7 Å². The molecule has 2 rings (SSSR count). The monoisotopic (exact) mass is 269 g/mol. The minimum atomic E-state index is -0.300. The molecule has 0 amide bonds. The molecule has 3 N–H and O–H groups in total. The Morgan fingerprint density at radius 3 is 2.73 bits per heavy atom. The maximum atomic E-state index is 13.4. The molecule has 1 aromatic heterocycles. The third kappa shape index (κ3) is 1.74. The van der Waals surface area contributed by atoms with Gasteiger partial charge in [-0.2, -0.15) is 5.10 Å². The molecule has 0 radical (unpaired) electrons. The number of nitrogens with one attached hydrogen (secondary N) is 1. The van der Waals surface area contributed by atoms with Crippen LogP contribution in [0.3, 0.4) is 0 Å². The van der Waals surface area contributed by atoms with Gasteiger partial charge in [-0.3, -0.25) is 5.10 Å². The number of benzene rings is 1. The van der Waals surface area contributed by atoms with Gasteiger partial charge in [0, 0.05) is 11.1 Å². The molecule has 5 heteroatoms. The van der Waals surface area contributed by atoms with Gasteiger partial charge in [0.05, 0.1) is 10.7 Å². The normalized spacial score (nSPS) is 10.6. The summed E-state index contributed by atoms with van der Waals surface area (Å²) < 4.78 is 13.8. The average Bonchev–Trinajstić information content (AvgIpc) is 2.58. The highest BCUT2D eigenvalue weighted by Gasteiger charge is 2.12. The van der Waals surface area contributed by atoms with E-state index in [2.05, 4.69) is 26.1 Å². The quantitative estimate of drug-likeness (QED) is 0.837. The maximum absolute atomic E-state index is 13.4. The van der Waals surface area contributed by atoms with Crippen LogP contribution in [0.5, 0.6) is 0 Å². The molecule has 0 aliphatic heterocycles. The molecular formula is C10H9BrFN3. The zero-order valence-corrected chi connectivity index (χ0v) is 9.60. The van der Waals surface area contributed by atoms with Gasteiger partial charge in [0.15, 0.2) is 0 Å². The largest absolute Gasteiger partial charge is 0.384 e. The summed E-state index contributed by atoms with van der Waals surface area (Å²) in [7, 11) is 0. The van der Waals surface area contributed by atoms with Crippen molar-refractivity contribution in [3.8, 4) is 11.1 Å². The number of nitrogen functional groups attached to an aromatic ring is 1. The highest BCUT2D eigenvalue weighted by molar-refractivity contribution is 9.10. The van der Waals surface area contributed by atoms with E-state index < -0.39 is 0 Å². The van der Waals surface area contributed by atoms with Crippen LogP contribution in [0.25, 0.3) is 11.1 Å². The molecule has 1 heterocycles. The minimum Gasteiger partial charge on any atom is -0.384 e. The van der Waals surface area contributed by atoms with Crippen molar-refractivity contribution in [1.29, 1.82) is 0 Å². The fourth-order valence-corrected chi connectivity index (χ4v) is 1.87. The smallest absolute Gasteiger partial charge is 0.138 e. The molecule has 0 saturated heterocycles. The third-order valence-electron chi connectivity index (χ3n) is 2.13. The van der Waals surface area contributed by atoms with Gasteiger partial charge in [-0.05, 0) is 40.5 Å². The van der Waals surface area contributed by atoms with Crippen molar-refractivity contribution in [3.05, 3.63) is 34.2 Å². The van der Waals surface area contributed by atoms with Crippen LogP contribution in [0.4, 0.5) is 10.2 Å². The maximum Gasteiger partial charge on any atom is 0.138 e. The molecular weight excluding hydrogens is 261 g/mol. The lowest BCUT2D eigenvalue weighted by Gasteiger charge is -2.05. The zero-order valence-electron chi connectivity index (χ0n) is 8.01. The van der Waals surface area contributed by atoms with E-state index in [0.29, 0.717) is 21.4 Å². The summed E-state index contributed by atoms with van der Waals surface area (Å²) in [5.41, 5.74) is 7.93. The predicted molar refractivity (Wildman–Crippen MR) is 60.8 cm³/mol. The minimum absolute atomic E-state index is 0.300. The Morgan fingerprint density at radius 1 is 1.40 bits per heavy atom. The summed E-state index contributed by atoms with van der Waals surface area (Å²) in [5, 5.41) is 6.42. The first-order valence-electron chi connectivity index (χ1n) is 4.34. The molecule has 0 atom stereocenters. The van der Waals surface area contributed by atoms with Gasteiger partial charge in [0.1, 0.15) is 11.6 Å². The molecule has 0 aliphatic rings. The van der Waals surface area contributed by atoms with E-state index in [4.69, 9.17) is 5.73 Å². The number of rotatable bonds is 1. The first kappa shape index (κ1) is 10.2. The summed E-state index contributed by atoms with van der Waals surface area (Å²) in [4.78, 5) is 0. The number of aromatic amines is 1. The van der Waals surface area contributed by atoms with Gasteiger partial charge >= 0.3 is 0 Å². The molecule has 0 bridgehead atoms. The lowest BCUT2D eigenvalue weighted by molar-refractivity contribution is 0.620. The third-order valence-corrected chi connectivity index (χ3v) is 2.94. The number of aromatic nitrogens is 2. The number of aryl methyl sites for hydroxylation is 1. The number of anilines is 1. The van der Waals surface area contributed by atoms with Crippen LogP contribution in [0.15, 0.2) is 22.8 Å². The van der Waals surface area contributed by atoms with E-state index in [9.17, 15) is 4.39 Å². The summed E-state index contributed by atoms with van der Waals surface area (Å²) in [6.07, 6.45) is 1.58. The fourth-order valence-electron chi connectivity index (χ4n) is 1.43. The average molecular weight is 270 g/mol. The Balaban J connectivity index is 2.68. The van der Waals surface area contributed by atoms with Crippen LogP contribution in [0.2, 0.25) is 0 Å². The van der Waals surface area contributed by atoms with Crippen molar-refractivity contribution in [2.75, 3.05) is 5.73 Å². The lowest BCUT2D eigenvalue weighted by atomic mass is 10.1. The number of hydrogen-bond acceptors (Lipinski definition) is 2. The van der Waals surface area contributed by atoms with Crippen molar-refractivity contribution in [3.63, 3.8) is 0 Å². The van der Waals surface area contributed by atoms with Crippen molar-refractivity contribution in [1.82, 2.24) is 10.2 Å². The molecule has 3 nitrogen and oxygen atoms in total. The van der Waals surface area contributed by atoms with Crippen LogP contribution in [-0.4, -0.2) is 10.2 Å². The molecule has 2 aromatic rings. The molecule has 0 unspecified atom stereocenters. The number of nitrogens with two attached hydrogens (primary N) is 1. The summed E-state index contributed by atoms with van der Waals surface area (Å²) in [6, 6.07) is 3.32. The van der Waals surface area contributed by atoms with E-state index in [1.807, 2.05) is 13.0 Å². The number of nitrogens with zero attached hydrogens (tertiary/aromatic N) is 1. The van der Waals surface area contributed by atoms with E-state index in [1.165, 1.54) is 6.07 Å². The van der Waals surface area contributed by atoms with Crippen molar-refractivity contribution >= 4 is 21.7 Å². The van der Waals surface area contributed by atoms with E-state index in [-0.39, 0.29) is 5.82 Å². The van der Waals surface area contributed by atoms with Gasteiger partial charge in [-0.1, -0.05) is 0 Å². The Hall–Kier alpha value is -1.36.